The fourth-order valence-corrected chi connectivity index (χ4v) is 9.46. The van der Waals surface area contributed by atoms with Gasteiger partial charge in [0.1, 0.15) is 14.9 Å². The third-order valence-electron chi connectivity index (χ3n) is 3.99. The van der Waals surface area contributed by atoms with Gasteiger partial charge in [-0.15, -0.1) is 22.7 Å². The van der Waals surface area contributed by atoms with Crippen molar-refractivity contribution in [3.8, 4) is 5.75 Å². The SMILES string of the molecule is COc1cccc2[nH]nc(NS(=O)(=O)c3sc(Cl)cc3S(=O)(=O)c3ccc(Cl)s3)c12. The van der Waals surface area contributed by atoms with Crippen LogP contribution in [0.4, 0.5) is 5.82 Å². The number of aromatic amines is 1. The Morgan fingerprint density at radius 1 is 1.07 bits per heavy atom. The molecule has 158 valence electrons. The molecule has 0 unspecified atom stereocenters. The number of nitrogens with zero attached hydrogens (tertiary/aromatic N) is 1. The highest BCUT2D eigenvalue weighted by atomic mass is 35.5. The summed E-state index contributed by atoms with van der Waals surface area (Å²) in [6, 6.07) is 8.89. The van der Waals surface area contributed by atoms with Crippen LogP contribution in [0.15, 0.2) is 49.7 Å². The van der Waals surface area contributed by atoms with Gasteiger partial charge in [-0.05, 0) is 30.3 Å². The van der Waals surface area contributed by atoms with Crippen LogP contribution < -0.4 is 9.46 Å². The Kier molecular flexibility index (Phi) is 5.49. The summed E-state index contributed by atoms with van der Waals surface area (Å²) in [5.41, 5.74) is 0.539. The van der Waals surface area contributed by atoms with E-state index in [1.807, 2.05) is 0 Å². The van der Waals surface area contributed by atoms with Gasteiger partial charge >= 0.3 is 0 Å². The maximum absolute atomic E-state index is 13.1. The third-order valence-corrected chi connectivity index (χ3v) is 10.9. The molecule has 0 atom stereocenters. The molecule has 0 fully saturated rings. The number of nitrogens with one attached hydrogen (secondary N) is 2. The van der Waals surface area contributed by atoms with E-state index >= 15 is 0 Å². The van der Waals surface area contributed by atoms with Crippen molar-refractivity contribution in [1.82, 2.24) is 10.2 Å². The summed E-state index contributed by atoms with van der Waals surface area (Å²) in [5, 5.41) is 7.09. The van der Waals surface area contributed by atoms with Gasteiger partial charge in [-0.2, -0.15) is 5.10 Å². The van der Waals surface area contributed by atoms with Crippen molar-refractivity contribution in [1.29, 1.82) is 0 Å². The first-order valence-corrected chi connectivity index (χ1v) is 13.3. The first-order chi connectivity index (χ1) is 14.1. The van der Waals surface area contributed by atoms with E-state index in [9.17, 15) is 16.8 Å². The minimum atomic E-state index is -4.36. The highest BCUT2D eigenvalue weighted by molar-refractivity contribution is 7.97. The summed E-state index contributed by atoms with van der Waals surface area (Å²) in [6.45, 7) is 0. The number of sulfone groups is 1. The molecule has 14 heteroatoms. The van der Waals surface area contributed by atoms with E-state index in [-0.39, 0.29) is 18.7 Å². The maximum Gasteiger partial charge on any atom is 0.274 e. The van der Waals surface area contributed by atoms with Gasteiger partial charge in [0.15, 0.2) is 10.0 Å². The van der Waals surface area contributed by atoms with Crippen molar-refractivity contribution in [3.05, 3.63) is 45.1 Å². The van der Waals surface area contributed by atoms with Crippen LogP contribution in [0.3, 0.4) is 0 Å². The average molecular weight is 524 g/mol. The number of benzene rings is 1. The van der Waals surface area contributed by atoms with Crippen LogP contribution >= 0.6 is 45.9 Å². The molecule has 8 nitrogen and oxygen atoms in total. The zero-order valence-electron chi connectivity index (χ0n) is 14.8. The lowest BCUT2D eigenvalue weighted by molar-refractivity contribution is 0.420. The van der Waals surface area contributed by atoms with Crippen LogP contribution in [0.25, 0.3) is 10.9 Å². The Morgan fingerprint density at radius 3 is 2.50 bits per heavy atom. The monoisotopic (exact) mass is 523 g/mol. The van der Waals surface area contributed by atoms with Crippen LogP contribution in [-0.2, 0) is 19.9 Å². The van der Waals surface area contributed by atoms with Gasteiger partial charge in [-0.1, -0.05) is 29.3 Å². The highest BCUT2D eigenvalue weighted by Gasteiger charge is 2.33. The molecule has 0 saturated carbocycles. The quantitative estimate of drug-likeness (QED) is 0.380. The van der Waals surface area contributed by atoms with Crippen molar-refractivity contribution < 1.29 is 21.6 Å². The maximum atomic E-state index is 13.1. The average Bonchev–Trinajstić information content (AvgIpc) is 3.40. The van der Waals surface area contributed by atoms with Gasteiger partial charge in [-0.3, -0.25) is 9.82 Å². The molecule has 0 saturated heterocycles. The van der Waals surface area contributed by atoms with Crippen LogP contribution in [-0.4, -0.2) is 34.1 Å². The zero-order chi connectivity index (χ0) is 21.7. The number of ether oxygens (including phenoxy) is 1. The van der Waals surface area contributed by atoms with Gasteiger partial charge in [0.05, 0.1) is 26.7 Å². The fourth-order valence-electron chi connectivity index (χ4n) is 2.71. The molecule has 3 heterocycles. The van der Waals surface area contributed by atoms with Crippen molar-refractivity contribution in [2.75, 3.05) is 11.8 Å². The first kappa shape index (κ1) is 21.4. The Bertz CT molecular complexity index is 1470. The minimum absolute atomic E-state index is 0.000990. The molecule has 1 aromatic carbocycles. The predicted octanol–water partition coefficient (Wildman–Crippen LogP) is 4.63. The van der Waals surface area contributed by atoms with Crippen molar-refractivity contribution in [3.63, 3.8) is 0 Å². The largest absolute Gasteiger partial charge is 0.496 e. The van der Waals surface area contributed by atoms with E-state index < -0.39 is 29.0 Å². The van der Waals surface area contributed by atoms with Gasteiger partial charge in [0.2, 0.25) is 9.84 Å². The molecule has 4 aromatic rings. The molecule has 0 radical (unpaired) electrons. The second-order valence-electron chi connectivity index (χ2n) is 5.82. The van der Waals surface area contributed by atoms with E-state index in [4.69, 9.17) is 27.9 Å². The number of hydrogen-bond donors (Lipinski definition) is 2. The number of rotatable bonds is 6. The summed E-state index contributed by atoms with van der Waals surface area (Å²) in [6.07, 6.45) is 0. The number of H-pyrrole nitrogens is 1. The Labute approximate surface area is 189 Å². The molecule has 2 N–H and O–H groups in total. The molecule has 0 aliphatic carbocycles. The molecular formula is C16H11Cl2N3O5S4. The van der Waals surface area contributed by atoms with Crippen molar-refractivity contribution >= 4 is 82.5 Å². The number of halogens is 2. The van der Waals surface area contributed by atoms with Crippen molar-refractivity contribution in [2.45, 2.75) is 13.3 Å². The Balaban J connectivity index is 1.82. The normalized spacial score (nSPS) is 12.4. The summed E-state index contributed by atoms with van der Waals surface area (Å²) in [5.74, 6) is 0.360. The lowest BCUT2D eigenvalue weighted by atomic mass is 10.2. The number of sulfonamides is 1. The second kappa shape index (κ2) is 7.70. The number of aromatic nitrogens is 2. The van der Waals surface area contributed by atoms with E-state index in [0.717, 1.165) is 17.4 Å². The predicted molar refractivity (Wildman–Crippen MR) is 118 cm³/mol. The van der Waals surface area contributed by atoms with Crippen LogP contribution in [0.2, 0.25) is 8.67 Å². The molecule has 3 aromatic heterocycles. The molecular weight excluding hydrogens is 513 g/mol. The molecule has 0 aliphatic rings. The summed E-state index contributed by atoms with van der Waals surface area (Å²) >= 11 is 13.3. The molecule has 4 rings (SSSR count). The highest BCUT2D eigenvalue weighted by Crippen LogP contribution is 2.40. The molecule has 30 heavy (non-hydrogen) atoms. The summed E-state index contributed by atoms with van der Waals surface area (Å²) in [4.78, 5) is -0.435. The standard InChI is InChI=1S/C16H11Cl2N3O5S4/c1-26-9-4-2-3-8-14(9)15(20-19-8)21-30(24,25)16-10(7-12(18)28-16)29(22,23)13-6-5-11(17)27-13/h2-7H,1H3,(H2,19,20,21). The molecule has 0 spiro atoms. The van der Waals surface area contributed by atoms with Crippen LogP contribution in [0.1, 0.15) is 0 Å². The van der Waals surface area contributed by atoms with E-state index in [1.165, 1.54) is 19.2 Å². The topological polar surface area (TPSA) is 118 Å². The number of thiophene rings is 2. The number of hydrogen-bond acceptors (Lipinski definition) is 8. The number of methoxy groups -OCH3 is 1. The van der Waals surface area contributed by atoms with Crippen LogP contribution in [0, 0.1) is 0 Å². The van der Waals surface area contributed by atoms with Crippen molar-refractivity contribution in [2.24, 2.45) is 0 Å². The smallest absolute Gasteiger partial charge is 0.274 e. The zero-order valence-corrected chi connectivity index (χ0v) is 19.6. The van der Waals surface area contributed by atoms with Gasteiger partial charge < -0.3 is 4.74 Å². The molecule has 0 aliphatic heterocycles. The Morgan fingerprint density at radius 2 is 1.83 bits per heavy atom. The third kappa shape index (κ3) is 3.67. The second-order valence-corrected chi connectivity index (χ2v) is 13.2. The minimum Gasteiger partial charge on any atom is -0.496 e. The van der Waals surface area contributed by atoms with Gasteiger partial charge in [-0.25, -0.2) is 16.8 Å². The summed E-state index contributed by atoms with van der Waals surface area (Å²) < 4.78 is 59.6. The lowest BCUT2D eigenvalue weighted by Gasteiger charge is -2.08. The van der Waals surface area contributed by atoms with Crippen LogP contribution in [0.5, 0.6) is 5.75 Å². The van der Waals surface area contributed by atoms with E-state index in [0.29, 0.717) is 28.0 Å². The lowest BCUT2D eigenvalue weighted by Crippen LogP contribution is -2.15. The summed E-state index contributed by atoms with van der Waals surface area (Å²) in [7, 11) is -7.07. The number of fused-ring (bicyclic) bond motifs is 1. The fraction of sp³-hybridized carbons (Fsp3) is 0.0625. The van der Waals surface area contributed by atoms with E-state index in [2.05, 4.69) is 14.9 Å². The molecule has 0 bridgehead atoms. The Hall–Kier alpha value is -1.83. The number of anilines is 1. The van der Waals surface area contributed by atoms with E-state index in [1.54, 1.807) is 18.2 Å². The van der Waals surface area contributed by atoms with Gasteiger partial charge in [0.25, 0.3) is 10.0 Å². The molecule has 0 amide bonds. The van der Waals surface area contributed by atoms with Gasteiger partial charge in [0, 0.05) is 0 Å². The first-order valence-electron chi connectivity index (χ1n) is 7.97.